The van der Waals surface area contributed by atoms with E-state index >= 15 is 0 Å². The van der Waals surface area contributed by atoms with Crippen LogP contribution in [0.4, 0.5) is 0 Å². The van der Waals surface area contributed by atoms with Crippen LogP contribution in [0, 0.1) is 11.8 Å². The molecule has 1 aliphatic heterocycles. The summed E-state index contributed by atoms with van der Waals surface area (Å²) in [4.78, 5) is 2.78. The Morgan fingerprint density at radius 2 is 1.12 bits per heavy atom. The second kappa shape index (κ2) is 5.30. The molecular weight excluding hydrogens is 206 g/mol. The highest BCUT2D eigenvalue weighted by Crippen LogP contribution is 2.50. The minimum absolute atomic E-state index is 0.429. The zero-order valence-electron chi connectivity index (χ0n) is 13.1. The average molecular weight is 239 g/mol. The van der Waals surface area contributed by atoms with Crippen LogP contribution in [0.15, 0.2) is 0 Å². The molecule has 2 unspecified atom stereocenters. The number of nitrogens with zero attached hydrogens (tertiary/aromatic N) is 1. The van der Waals surface area contributed by atoms with E-state index in [2.05, 4.69) is 53.5 Å². The Bertz CT molecular complexity index is 214. The van der Waals surface area contributed by atoms with Crippen molar-refractivity contribution >= 4 is 0 Å². The Morgan fingerprint density at radius 3 is 1.35 bits per heavy atom. The summed E-state index contributed by atoms with van der Waals surface area (Å²) in [5, 5.41) is 0. The summed E-state index contributed by atoms with van der Waals surface area (Å²) in [6.07, 6.45) is 6.55. The highest BCUT2D eigenvalue weighted by atomic mass is 15.3. The Kier molecular flexibility index (Phi) is 4.68. The van der Waals surface area contributed by atoms with E-state index in [-0.39, 0.29) is 0 Å². The molecule has 1 saturated heterocycles. The van der Waals surface area contributed by atoms with E-state index in [4.69, 9.17) is 0 Å². The van der Waals surface area contributed by atoms with Gasteiger partial charge in [-0.2, -0.15) is 0 Å². The van der Waals surface area contributed by atoms with Crippen molar-refractivity contribution in [2.24, 2.45) is 11.8 Å². The number of piperidine rings is 1. The molecular formula is C16H33N. The zero-order valence-corrected chi connectivity index (χ0v) is 13.1. The summed E-state index contributed by atoms with van der Waals surface area (Å²) in [6, 6.07) is 0. The van der Waals surface area contributed by atoms with E-state index in [1.807, 2.05) is 0 Å². The molecule has 0 N–H and O–H groups in total. The van der Waals surface area contributed by atoms with Crippen LogP contribution in [0.3, 0.4) is 0 Å². The van der Waals surface area contributed by atoms with Gasteiger partial charge in [-0.3, -0.25) is 4.90 Å². The molecule has 102 valence electrons. The molecule has 1 rings (SSSR count). The maximum absolute atomic E-state index is 2.78. The number of likely N-dealkylation sites (tertiary alicyclic amines) is 1. The van der Waals surface area contributed by atoms with Crippen LogP contribution in [0.5, 0.6) is 0 Å². The third-order valence-electron chi connectivity index (χ3n) is 6.33. The lowest BCUT2D eigenvalue weighted by atomic mass is 9.62. The van der Waals surface area contributed by atoms with Gasteiger partial charge in [-0.15, -0.1) is 0 Å². The van der Waals surface area contributed by atoms with Crippen LogP contribution in [-0.2, 0) is 0 Å². The molecule has 1 nitrogen and oxygen atoms in total. The third kappa shape index (κ3) is 1.95. The van der Waals surface area contributed by atoms with E-state index < -0.39 is 0 Å². The quantitative estimate of drug-likeness (QED) is 0.686. The molecule has 0 spiro atoms. The van der Waals surface area contributed by atoms with Crippen molar-refractivity contribution in [3.8, 4) is 0 Å². The first kappa shape index (κ1) is 15.0. The van der Waals surface area contributed by atoms with Crippen LogP contribution in [0.2, 0.25) is 0 Å². The van der Waals surface area contributed by atoms with E-state index in [0.29, 0.717) is 11.1 Å². The highest BCUT2D eigenvalue weighted by molar-refractivity contribution is 5.07. The molecule has 1 fully saturated rings. The smallest absolute Gasteiger partial charge is 0.0232 e. The van der Waals surface area contributed by atoms with Crippen molar-refractivity contribution in [2.45, 2.75) is 84.7 Å². The fourth-order valence-corrected chi connectivity index (χ4v) is 4.92. The SMILES string of the molecule is CCC1(CC)C(C)CC(C)C(CC)(CC)N1C. The Labute approximate surface area is 109 Å². The highest BCUT2D eigenvalue weighted by Gasteiger charge is 2.52. The standard InChI is InChI=1S/C16H33N/c1-8-15(9-2)13(5)12-14(6)16(10-3,11-4)17(15)7/h13-14H,8-12H2,1-7H3. The van der Waals surface area contributed by atoms with Gasteiger partial charge in [0.15, 0.2) is 0 Å². The maximum Gasteiger partial charge on any atom is 0.0232 e. The molecule has 0 aromatic heterocycles. The topological polar surface area (TPSA) is 3.24 Å². The van der Waals surface area contributed by atoms with Crippen LogP contribution in [0.25, 0.3) is 0 Å². The minimum Gasteiger partial charge on any atom is -0.295 e. The van der Waals surface area contributed by atoms with Crippen molar-refractivity contribution in [3.05, 3.63) is 0 Å². The number of hydrogen-bond donors (Lipinski definition) is 0. The normalized spacial score (nSPS) is 32.6. The van der Waals surface area contributed by atoms with Crippen molar-refractivity contribution < 1.29 is 0 Å². The summed E-state index contributed by atoms with van der Waals surface area (Å²) < 4.78 is 0. The van der Waals surface area contributed by atoms with Gasteiger partial charge in [0.1, 0.15) is 0 Å². The summed E-state index contributed by atoms with van der Waals surface area (Å²) in [5.74, 6) is 1.65. The summed E-state index contributed by atoms with van der Waals surface area (Å²) in [6.45, 7) is 14.4. The monoisotopic (exact) mass is 239 g/mol. The van der Waals surface area contributed by atoms with Gasteiger partial charge in [-0.05, 0) is 51.0 Å². The number of rotatable bonds is 4. The molecule has 0 amide bonds. The van der Waals surface area contributed by atoms with Crippen LogP contribution in [0.1, 0.15) is 73.6 Å². The molecule has 0 radical (unpaired) electrons. The second-order valence-electron chi connectivity index (χ2n) is 6.22. The lowest BCUT2D eigenvalue weighted by molar-refractivity contribution is -0.116. The van der Waals surface area contributed by atoms with E-state index in [1.54, 1.807) is 0 Å². The Balaban J connectivity index is 3.19. The van der Waals surface area contributed by atoms with Crippen LogP contribution in [-0.4, -0.2) is 23.0 Å². The van der Waals surface area contributed by atoms with E-state index in [0.717, 1.165) is 11.8 Å². The van der Waals surface area contributed by atoms with Gasteiger partial charge in [0.2, 0.25) is 0 Å². The molecule has 0 saturated carbocycles. The minimum atomic E-state index is 0.429. The largest absolute Gasteiger partial charge is 0.295 e. The van der Waals surface area contributed by atoms with Crippen molar-refractivity contribution in [3.63, 3.8) is 0 Å². The van der Waals surface area contributed by atoms with Crippen LogP contribution < -0.4 is 0 Å². The summed E-state index contributed by atoms with van der Waals surface area (Å²) >= 11 is 0. The molecule has 0 bridgehead atoms. The van der Waals surface area contributed by atoms with E-state index in [9.17, 15) is 0 Å². The van der Waals surface area contributed by atoms with Crippen molar-refractivity contribution in [2.75, 3.05) is 7.05 Å². The molecule has 2 atom stereocenters. The van der Waals surface area contributed by atoms with Crippen molar-refractivity contribution in [1.29, 1.82) is 0 Å². The van der Waals surface area contributed by atoms with Gasteiger partial charge in [0, 0.05) is 11.1 Å². The molecule has 0 aliphatic carbocycles. The van der Waals surface area contributed by atoms with Crippen molar-refractivity contribution in [1.82, 2.24) is 4.90 Å². The van der Waals surface area contributed by atoms with Gasteiger partial charge in [0.05, 0.1) is 0 Å². The van der Waals surface area contributed by atoms with Gasteiger partial charge in [0.25, 0.3) is 0 Å². The first-order chi connectivity index (χ1) is 7.95. The van der Waals surface area contributed by atoms with Crippen LogP contribution >= 0.6 is 0 Å². The molecule has 1 heterocycles. The van der Waals surface area contributed by atoms with Gasteiger partial charge >= 0.3 is 0 Å². The molecule has 0 aromatic rings. The molecule has 17 heavy (non-hydrogen) atoms. The maximum atomic E-state index is 2.78. The number of hydrogen-bond acceptors (Lipinski definition) is 1. The molecule has 0 aromatic carbocycles. The first-order valence-corrected chi connectivity index (χ1v) is 7.69. The zero-order chi connectivity index (χ0) is 13.3. The summed E-state index contributed by atoms with van der Waals surface area (Å²) in [7, 11) is 2.40. The Hall–Kier alpha value is -0.0400. The fraction of sp³-hybridized carbons (Fsp3) is 1.00. The Morgan fingerprint density at radius 1 is 0.824 bits per heavy atom. The molecule has 1 heteroatoms. The lowest BCUT2D eigenvalue weighted by Gasteiger charge is -2.62. The van der Waals surface area contributed by atoms with E-state index in [1.165, 1.54) is 32.1 Å². The first-order valence-electron chi connectivity index (χ1n) is 7.69. The predicted octanol–water partition coefficient (Wildman–Crippen LogP) is 4.71. The summed E-state index contributed by atoms with van der Waals surface area (Å²) in [5.41, 5.74) is 0.858. The van der Waals surface area contributed by atoms with Gasteiger partial charge < -0.3 is 0 Å². The average Bonchev–Trinajstić information content (AvgIpc) is 2.32. The van der Waals surface area contributed by atoms with Gasteiger partial charge in [-0.25, -0.2) is 0 Å². The molecule has 1 aliphatic rings. The second-order valence-corrected chi connectivity index (χ2v) is 6.22. The lowest BCUT2D eigenvalue weighted by Crippen LogP contribution is -2.67. The predicted molar refractivity (Wildman–Crippen MR) is 77.3 cm³/mol. The third-order valence-corrected chi connectivity index (χ3v) is 6.33. The fourth-order valence-electron chi connectivity index (χ4n) is 4.92. The van der Waals surface area contributed by atoms with Gasteiger partial charge in [-0.1, -0.05) is 41.5 Å².